The molecule has 5 rings (SSSR count). The number of hydrogen-bond donors (Lipinski definition) is 0. The van der Waals surface area contributed by atoms with Crippen LogP contribution in [-0.4, -0.2) is 39.4 Å². The molecule has 3 heterocycles. The second-order valence-corrected chi connectivity index (χ2v) is 10.6. The first kappa shape index (κ1) is 26.7. The third-order valence-electron chi connectivity index (χ3n) is 7.27. The van der Waals surface area contributed by atoms with Gasteiger partial charge in [0.05, 0.1) is 23.1 Å². The number of rotatable bonds is 5. The van der Waals surface area contributed by atoms with Gasteiger partial charge in [-0.05, 0) is 86.1 Å². The van der Waals surface area contributed by atoms with Crippen LogP contribution in [0.3, 0.4) is 0 Å². The third kappa shape index (κ3) is 4.74. The second-order valence-electron chi connectivity index (χ2n) is 10.2. The van der Waals surface area contributed by atoms with Gasteiger partial charge in [-0.3, -0.25) is 24.1 Å². The number of nitrogens with zero attached hydrogens (tertiary/aromatic N) is 4. The van der Waals surface area contributed by atoms with Crippen molar-refractivity contribution in [2.24, 2.45) is 0 Å². The van der Waals surface area contributed by atoms with E-state index in [2.05, 4.69) is 9.97 Å². The topological polar surface area (TPSA) is 68.1 Å². The molecule has 1 aliphatic carbocycles. The molecule has 0 unspecified atom stereocenters. The summed E-state index contributed by atoms with van der Waals surface area (Å²) in [4.78, 5) is 35.9. The molecule has 2 atom stereocenters. The Hall–Kier alpha value is -3.91. The van der Waals surface area contributed by atoms with Crippen molar-refractivity contribution in [3.63, 3.8) is 0 Å². The standard InChI is InChI=1S/C30H27ClF2N4O2/c1-15-13-35-25(19-7-6-8-20(28(19)33)29(38)36(4)5)12-26(15)37-16(2)9-24(27(31)30(37)39)23-11-22(23)21-10-18(32)14-34-17(21)3/h6-10,12-14,22-23H,11H2,1-5H3/t22-,23+/m1/s1. The summed E-state index contributed by atoms with van der Waals surface area (Å²) >= 11 is 6.66. The molecule has 1 saturated carbocycles. The minimum absolute atomic E-state index is 0.0129. The third-order valence-corrected chi connectivity index (χ3v) is 7.65. The van der Waals surface area contributed by atoms with E-state index in [0.717, 1.165) is 23.2 Å². The Bertz CT molecular complexity index is 1700. The number of benzene rings is 1. The molecule has 6 nitrogen and oxygen atoms in total. The molecule has 0 N–H and O–H groups in total. The molecule has 0 saturated heterocycles. The van der Waals surface area contributed by atoms with Crippen molar-refractivity contribution >= 4 is 17.5 Å². The van der Waals surface area contributed by atoms with Crippen molar-refractivity contribution in [2.45, 2.75) is 39.0 Å². The van der Waals surface area contributed by atoms with Crippen LogP contribution in [0.1, 0.15) is 56.7 Å². The molecule has 0 spiro atoms. The second kappa shape index (κ2) is 10.0. The van der Waals surface area contributed by atoms with Crippen molar-refractivity contribution < 1.29 is 13.6 Å². The zero-order chi connectivity index (χ0) is 28.2. The van der Waals surface area contributed by atoms with Gasteiger partial charge in [0.15, 0.2) is 0 Å². The van der Waals surface area contributed by atoms with E-state index in [4.69, 9.17) is 11.6 Å². The van der Waals surface area contributed by atoms with Gasteiger partial charge in [0, 0.05) is 37.2 Å². The lowest BCUT2D eigenvalue weighted by molar-refractivity contribution is 0.0823. The highest BCUT2D eigenvalue weighted by atomic mass is 35.5. The molecule has 0 aliphatic heterocycles. The van der Waals surface area contributed by atoms with Gasteiger partial charge >= 0.3 is 0 Å². The smallest absolute Gasteiger partial charge is 0.274 e. The van der Waals surface area contributed by atoms with E-state index in [9.17, 15) is 14.0 Å². The van der Waals surface area contributed by atoms with E-state index in [1.165, 1.54) is 27.8 Å². The average molecular weight is 549 g/mol. The first-order valence-corrected chi connectivity index (χ1v) is 12.9. The Labute approximate surface area is 229 Å². The highest BCUT2D eigenvalue weighted by Crippen LogP contribution is 2.56. The van der Waals surface area contributed by atoms with E-state index >= 15 is 4.39 Å². The van der Waals surface area contributed by atoms with Gasteiger partial charge in [0.1, 0.15) is 16.7 Å². The highest BCUT2D eigenvalue weighted by molar-refractivity contribution is 6.31. The predicted molar refractivity (Wildman–Crippen MR) is 147 cm³/mol. The lowest BCUT2D eigenvalue weighted by atomic mass is 10.0. The predicted octanol–water partition coefficient (Wildman–Crippen LogP) is 6.12. The molecule has 1 amide bonds. The molecule has 0 radical (unpaired) electrons. The average Bonchev–Trinajstić information content (AvgIpc) is 3.69. The van der Waals surface area contributed by atoms with Crippen LogP contribution in [0.15, 0.2) is 53.6 Å². The molecule has 3 aromatic heterocycles. The first-order chi connectivity index (χ1) is 18.5. The quantitative estimate of drug-likeness (QED) is 0.301. The number of halogens is 3. The molecule has 9 heteroatoms. The molecular weight excluding hydrogens is 522 g/mol. The lowest BCUT2D eigenvalue weighted by Gasteiger charge is -2.17. The fourth-order valence-corrected chi connectivity index (χ4v) is 5.40. The molecule has 1 aliphatic rings. The van der Waals surface area contributed by atoms with Crippen LogP contribution in [0, 0.1) is 32.4 Å². The van der Waals surface area contributed by atoms with E-state index < -0.39 is 23.1 Å². The van der Waals surface area contributed by atoms with Crippen LogP contribution >= 0.6 is 11.6 Å². The number of carbonyl (C=O) groups is 1. The van der Waals surface area contributed by atoms with E-state index in [1.807, 2.05) is 19.9 Å². The fraction of sp³-hybridized carbons (Fsp3) is 0.267. The number of aromatic nitrogens is 3. The van der Waals surface area contributed by atoms with Gasteiger partial charge in [-0.2, -0.15) is 0 Å². The number of pyridine rings is 3. The van der Waals surface area contributed by atoms with Crippen molar-refractivity contribution in [1.29, 1.82) is 0 Å². The Morgan fingerprint density at radius 3 is 2.46 bits per heavy atom. The zero-order valence-electron chi connectivity index (χ0n) is 22.2. The molecule has 4 aromatic rings. The molecule has 1 aromatic carbocycles. The van der Waals surface area contributed by atoms with Crippen molar-refractivity contribution in [3.05, 3.63) is 109 Å². The Kier molecular flexibility index (Phi) is 6.84. The maximum absolute atomic E-state index is 15.4. The minimum atomic E-state index is -0.683. The van der Waals surface area contributed by atoms with Gasteiger partial charge in [-0.1, -0.05) is 17.7 Å². The summed E-state index contributed by atoms with van der Waals surface area (Å²) < 4.78 is 30.7. The Morgan fingerprint density at radius 2 is 1.74 bits per heavy atom. The van der Waals surface area contributed by atoms with Gasteiger partial charge in [-0.15, -0.1) is 0 Å². The van der Waals surface area contributed by atoms with Crippen LogP contribution < -0.4 is 5.56 Å². The summed E-state index contributed by atoms with van der Waals surface area (Å²) in [5, 5.41) is 0.0950. The Balaban J connectivity index is 1.56. The molecular formula is C30H27ClF2N4O2. The van der Waals surface area contributed by atoms with Crippen LogP contribution in [-0.2, 0) is 0 Å². The lowest BCUT2D eigenvalue weighted by Crippen LogP contribution is -2.23. The van der Waals surface area contributed by atoms with Gasteiger partial charge in [0.25, 0.3) is 11.5 Å². The SMILES string of the molecule is Cc1cnc(-c2cccc(C(=O)N(C)C)c2F)cc1-n1c(C)cc([C@H]2C[C@@H]2c2cc(F)cnc2C)c(Cl)c1=O. The largest absolute Gasteiger partial charge is 0.345 e. The summed E-state index contributed by atoms with van der Waals surface area (Å²) in [5.41, 5.74) is 4.12. The molecule has 200 valence electrons. The van der Waals surface area contributed by atoms with Crippen LogP contribution in [0.5, 0.6) is 0 Å². The minimum Gasteiger partial charge on any atom is -0.345 e. The van der Waals surface area contributed by atoms with Gasteiger partial charge in [-0.25, -0.2) is 8.78 Å². The van der Waals surface area contributed by atoms with Crippen LogP contribution in [0.2, 0.25) is 5.02 Å². The van der Waals surface area contributed by atoms with Crippen LogP contribution in [0.25, 0.3) is 16.9 Å². The Morgan fingerprint density at radius 1 is 1.03 bits per heavy atom. The summed E-state index contributed by atoms with van der Waals surface area (Å²) in [5.74, 6) is -1.51. The molecule has 1 fully saturated rings. The maximum atomic E-state index is 15.4. The summed E-state index contributed by atoms with van der Waals surface area (Å²) in [7, 11) is 3.11. The van der Waals surface area contributed by atoms with E-state index in [1.54, 1.807) is 45.4 Å². The fourth-order valence-electron chi connectivity index (χ4n) is 5.12. The first-order valence-electron chi connectivity index (χ1n) is 12.5. The summed E-state index contributed by atoms with van der Waals surface area (Å²) in [6.45, 7) is 5.45. The van der Waals surface area contributed by atoms with Crippen molar-refractivity contribution in [2.75, 3.05) is 14.1 Å². The van der Waals surface area contributed by atoms with Gasteiger partial charge < -0.3 is 4.90 Å². The highest BCUT2D eigenvalue weighted by Gasteiger charge is 2.42. The number of hydrogen-bond acceptors (Lipinski definition) is 4. The van der Waals surface area contributed by atoms with Crippen molar-refractivity contribution in [1.82, 2.24) is 19.4 Å². The van der Waals surface area contributed by atoms with Crippen LogP contribution in [0.4, 0.5) is 8.78 Å². The summed E-state index contributed by atoms with van der Waals surface area (Å²) in [6, 6.07) is 9.58. The molecule has 39 heavy (non-hydrogen) atoms. The zero-order valence-corrected chi connectivity index (χ0v) is 23.0. The van der Waals surface area contributed by atoms with Crippen molar-refractivity contribution in [3.8, 4) is 16.9 Å². The van der Waals surface area contributed by atoms with Gasteiger partial charge in [0.2, 0.25) is 0 Å². The summed E-state index contributed by atoms with van der Waals surface area (Å²) in [6.07, 6.45) is 3.51. The monoisotopic (exact) mass is 548 g/mol. The van der Waals surface area contributed by atoms with E-state index in [-0.39, 0.29) is 33.7 Å². The number of aryl methyl sites for hydroxylation is 3. The molecule has 0 bridgehead atoms. The number of carbonyl (C=O) groups excluding carboxylic acids is 1. The number of amides is 1. The normalized spacial score (nSPS) is 16.3. The maximum Gasteiger partial charge on any atom is 0.274 e. The van der Waals surface area contributed by atoms with E-state index in [0.29, 0.717) is 16.9 Å².